The average molecular weight is 337 g/mol. The van der Waals surface area contributed by atoms with Crippen molar-refractivity contribution in [2.45, 2.75) is 38.5 Å². The van der Waals surface area contributed by atoms with Crippen molar-refractivity contribution in [1.29, 1.82) is 0 Å². The topological polar surface area (TPSA) is 38.0 Å². The predicted octanol–water partition coefficient (Wildman–Crippen LogP) is 4.01. The third-order valence-electron chi connectivity index (χ3n) is 3.97. The number of benzene rings is 1. The minimum atomic E-state index is -4.32. The molecule has 6 heteroatoms. The van der Waals surface area contributed by atoms with Crippen molar-refractivity contribution in [1.82, 2.24) is 0 Å². The lowest BCUT2D eigenvalue weighted by molar-refractivity contribution is -0.137. The Kier molecular flexibility index (Phi) is 3.60. The van der Waals surface area contributed by atoms with Gasteiger partial charge in [0.15, 0.2) is 0 Å². The van der Waals surface area contributed by atoms with Crippen LogP contribution in [0.3, 0.4) is 0 Å². The number of hydrogen-bond donors (Lipinski definition) is 2. The highest BCUT2D eigenvalue weighted by molar-refractivity contribution is 9.10. The van der Waals surface area contributed by atoms with E-state index >= 15 is 0 Å². The molecule has 1 aromatic rings. The molecule has 2 atom stereocenters. The van der Waals surface area contributed by atoms with Crippen LogP contribution in [0.4, 0.5) is 18.9 Å². The summed E-state index contributed by atoms with van der Waals surface area (Å²) in [7, 11) is 0. The van der Waals surface area contributed by atoms with Gasteiger partial charge in [-0.3, -0.25) is 0 Å². The molecular weight excluding hydrogens is 321 g/mol. The lowest BCUT2D eigenvalue weighted by atomic mass is 9.63. The summed E-state index contributed by atoms with van der Waals surface area (Å²) >= 11 is 3.18. The lowest BCUT2D eigenvalue weighted by Gasteiger charge is -2.51. The smallest absolute Gasteiger partial charge is 0.381 e. The van der Waals surface area contributed by atoms with Crippen LogP contribution in [0.2, 0.25) is 0 Å². The van der Waals surface area contributed by atoms with Gasteiger partial charge in [-0.15, -0.1) is 0 Å². The molecule has 2 rings (SSSR count). The largest absolute Gasteiger partial charge is 0.416 e. The van der Waals surface area contributed by atoms with Gasteiger partial charge < -0.3 is 11.1 Å². The second kappa shape index (κ2) is 4.66. The van der Waals surface area contributed by atoms with Crippen LogP contribution in [0.15, 0.2) is 22.7 Å². The molecule has 1 aliphatic carbocycles. The third kappa shape index (κ3) is 2.74. The monoisotopic (exact) mass is 336 g/mol. The van der Waals surface area contributed by atoms with Gasteiger partial charge in [-0.25, -0.2) is 0 Å². The molecule has 0 radical (unpaired) electrons. The van der Waals surface area contributed by atoms with E-state index in [2.05, 4.69) is 35.1 Å². The Hall–Kier alpha value is -0.750. The molecule has 1 fully saturated rings. The highest BCUT2D eigenvalue weighted by atomic mass is 79.9. The van der Waals surface area contributed by atoms with Crippen molar-refractivity contribution in [2.75, 3.05) is 5.32 Å². The molecule has 0 bridgehead atoms. The number of alkyl halides is 3. The second-order valence-electron chi connectivity index (χ2n) is 5.55. The van der Waals surface area contributed by atoms with E-state index in [1.807, 2.05) is 0 Å². The van der Waals surface area contributed by atoms with Crippen LogP contribution < -0.4 is 11.1 Å². The molecule has 3 N–H and O–H groups in total. The summed E-state index contributed by atoms with van der Waals surface area (Å²) in [5, 5.41) is 3.25. The number of halogens is 4. The fraction of sp³-hybridized carbons (Fsp3) is 0.538. The van der Waals surface area contributed by atoms with E-state index in [-0.39, 0.29) is 17.5 Å². The summed E-state index contributed by atoms with van der Waals surface area (Å²) in [5.41, 5.74) is 5.87. The molecule has 0 amide bonds. The minimum absolute atomic E-state index is 0.0534. The van der Waals surface area contributed by atoms with Crippen molar-refractivity contribution >= 4 is 21.6 Å². The molecular formula is C13H16BrF3N2. The van der Waals surface area contributed by atoms with E-state index in [4.69, 9.17) is 5.73 Å². The van der Waals surface area contributed by atoms with E-state index in [0.29, 0.717) is 10.2 Å². The fourth-order valence-electron chi connectivity index (χ4n) is 2.20. The molecule has 1 aromatic carbocycles. The van der Waals surface area contributed by atoms with E-state index in [1.165, 1.54) is 6.07 Å². The maximum absolute atomic E-state index is 12.6. The third-order valence-corrected chi connectivity index (χ3v) is 4.63. The molecule has 0 aliphatic heterocycles. The number of nitrogens with one attached hydrogen (secondary N) is 1. The van der Waals surface area contributed by atoms with Gasteiger partial charge in [0, 0.05) is 27.7 Å². The number of rotatable bonds is 2. The summed E-state index contributed by atoms with van der Waals surface area (Å²) in [6, 6.07) is 3.92. The van der Waals surface area contributed by atoms with Crippen LogP contribution in [0, 0.1) is 5.41 Å². The second-order valence-corrected chi connectivity index (χ2v) is 6.41. The summed E-state index contributed by atoms with van der Waals surface area (Å²) in [4.78, 5) is 0. The highest BCUT2D eigenvalue weighted by Gasteiger charge is 2.46. The van der Waals surface area contributed by atoms with Gasteiger partial charge in [0.25, 0.3) is 0 Å². The van der Waals surface area contributed by atoms with Gasteiger partial charge in [-0.2, -0.15) is 13.2 Å². The van der Waals surface area contributed by atoms with Crippen LogP contribution in [0.25, 0.3) is 0 Å². The van der Waals surface area contributed by atoms with Gasteiger partial charge in [-0.05, 0) is 40.5 Å². The van der Waals surface area contributed by atoms with Gasteiger partial charge in [0.2, 0.25) is 0 Å². The highest BCUT2D eigenvalue weighted by Crippen LogP contribution is 2.42. The van der Waals surface area contributed by atoms with E-state index in [0.717, 1.165) is 18.6 Å². The quantitative estimate of drug-likeness (QED) is 0.856. The summed E-state index contributed by atoms with van der Waals surface area (Å²) in [6.45, 7) is 4.10. The van der Waals surface area contributed by atoms with Crippen LogP contribution in [0.1, 0.15) is 25.8 Å². The van der Waals surface area contributed by atoms with Gasteiger partial charge >= 0.3 is 6.18 Å². The zero-order valence-corrected chi connectivity index (χ0v) is 12.3. The molecule has 19 heavy (non-hydrogen) atoms. The first-order valence-corrected chi connectivity index (χ1v) is 6.80. The van der Waals surface area contributed by atoms with Crippen molar-refractivity contribution in [2.24, 2.45) is 11.1 Å². The molecule has 2 nitrogen and oxygen atoms in total. The SMILES string of the molecule is CC1(C)C(N)CC1Nc1ccc(C(F)(F)F)cc1Br. The first kappa shape index (κ1) is 14.7. The lowest BCUT2D eigenvalue weighted by Crippen LogP contribution is -2.61. The fourth-order valence-corrected chi connectivity index (χ4v) is 2.69. The zero-order valence-electron chi connectivity index (χ0n) is 10.7. The number of hydrogen-bond acceptors (Lipinski definition) is 2. The molecule has 1 aliphatic rings. The van der Waals surface area contributed by atoms with E-state index in [9.17, 15) is 13.2 Å². The Labute approximate surface area is 118 Å². The predicted molar refractivity (Wildman–Crippen MR) is 72.9 cm³/mol. The van der Waals surface area contributed by atoms with Gasteiger partial charge in [0.1, 0.15) is 0 Å². The minimum Gasteiger partial charge on any atom is -0.381 e. The van der Waals surface area contributed by atoms with Gasteiger partial charge in [0.05, 0.1) is 5.56 Å². The Morgan fingerprint density at radius 2 is 2.00 bits per heavy atom. The van der Waals surface area contributed by atoms with Crippen LogP contribution in [-0.4, -0.2) is 12.1 Å². The summed E-state index contributed by atoms with van der Waals surface area (Å²) in [6.07, 6.45) is -3.50. The Balaban J connectivity index is 2.15. The molecule has 0 saturated heterocycles. The Bertz CT molecular complexity index is 485. The maximum atomic E-state index is 12.6. The number of anilines is 1. The first-order valence-electron chi connectivity index (χ1n) is 6.01. The van der Waals surface area contributed by atoms with Crippen LogP contribution in [0.5, 0.6) is 0 Å². The van der Waals surface area contributed by atoms with Crippen molar-refractivity contribution in [3.05, 3.63) is 28.2 Å². The molecule has 1 saturated carbocycles. The summed E-state index contributed by atoms with van der Waals surface area (Å²) < 4.78 is 38.1. The first-order chi connectivity index (χ1) is 8.62. The summed E-state index contributed by atoms with van der Waals surface area (Å²) in [5.74, 6) is 0. The van der Waals surface area contributed by atoms with Crippen molar-refractivity contribution < 1.29 is 13.2 Å². The molecule has 106 valence electrons. The van der Waals surface area contributed by atoms with Crippen molar-refractivity contribution in [3.8, 4) is 0 Å². The standard InChI is InChI=1S/C13H16BrF3N2/c1-12(2)10(18)6-11(12)19-9-4-3-7(5-8(9)14)13(15,16)17/h3-5,10-11,19H,6,18H2,1-2H3. The average Bonchev–Trinajstić information content (AvgIpc) is 2.29. The van der Waals surface area contributed by atoms with Crippen LogP contribution >= 0.6 is 15.9 Å². The Morgan fingerprint density at radius 1 is 1.37 bits per heavy atom. The number of nitrogens with two attached hydrogens (primary N) is 1. The molecule has 0 aromatic heterocycles. The molecule has 2 unspecified atom stereocenters. The zero-order chi connectivity index (χ0) is 14.4. The van der Waals surface area contributed by atoms with E-state index < -0.39 is 11.7 Å². The van der Waals surface area contributed by atoms with Crippen LogP contribution in [-0.2, 0) is 6.18 Å². The Morgan fingerprint density at radius 3 is 2.42 bits per heavy atom. The molecule has 0 heterocycles. The van der Waals surface area contributed by atoms with Gasteiger partial charge in [-0.1, -0.05) is 13.8 Å². The van der Waals surface area contributed by atoms with Crippen molar-refractivity contribution in [3.63, 3.8) is 0 Å². The molecule has 0 spiro atoms. The van der Waals surface area contributed by atoms with E-state index in [1.54, 1.807) is 0 Å². The maximum Gasteiger partial charge on any atom is 0.416 e. The normalized spacial score (nSPS) is 25.8.